The number of allylic oxidation sites excluding steroid dienone is 1. The average molecular weight is 385 g/mol. The Morgan fingerprint density at radius 3 is 2.41 bits per heavy atom. The molecule has 27 heavy (non-hydrogen) atoms. The SMILES string of the molecule is CCOc1cc(C=C(C#N)S(=O)(=O)c2ccccc2)ccc1OC(=O)CC. The summed E-state index contributed by atoms with van der Waals surface area (Å²) in [5.41, 5.74) is 0.436. The van der Waals surface area contributed by atoms with Gasteiger partial charge in [0.2, 0.25) is 9.84 Å². The molecule has 0 amide bonds. The highest BCUT2D eigenvalue weighted by molar-refractivity contribution is 7.95. The summed E-state index contributed by atoms with van der Waals surface area (Å²) in [7, 11) is -3.93. The van der Waals surface area contributed by atoms with E-state index in [0.29, 0.717) is 17.9 Å². The average Bonchev–Trinajstić information content (AvgIpc) is 2.68. The van der Waals surface area contributed by atoms with Crippen molar-refractivity contribution in [3.8, 4) is 17.6 Å². The van der Waals surface area contributed by atoms with E-state index in [1.54, 1.807) is 44.2 Å². The maximum atomic E-state index is 12.6. The van der Waals surface area contributed by atoms with Gasteiger partial charge in [-0.25, -0.2) is 8.42 Å². The molecular weight excluding hydrogens is 366 g/mol. The molecule has 0 aliphatic rings. The minimum atomic E-state index is -3.93. The lowest BCUT2D eigenvalue weighted by Gasteiger charge is -2.11. The molecule has 0 aliphatic carbocycles. The van der Waals surface area contributed by atoms with Gasteiger partial charge in [-0.2, -0.15) is 5.26 Å². The Bertz CT molecular complexity index is 989. The zero-order valence-electron chi connectivity index (χ0n) is 15.0. The van der Waals surface area contributed by atoms with Gasteiger partial charge in [0.25, 0.3) is 0 Å². The summed E-state index contributed by atoms with van der Waals surface area (Å²) in [6, 6.07) is 14.1. The van der Waals surface area contributed by atoms with Crippen molar-refractivity contribution < 1.29 is 22.7 Å². The fraction of sp³-hybridized carbons (Fsp3) is 0.200. The summed E-state index contributed by atoms with van der Waals surface area (Å²) in [6.07, 6.45) is 1.47. The van der Waals surface area contributed by atoms with E-state index in [0.717, 1.165) is 0 Å². The van der Waals surface area contributed by atoms with Crippen molar-refractivity contribution in [1.82, 2.24) is 0 Å². The van der Waals surface area contributed by atoms with Gasteiger partial charge in [0.05, 0.1) is 11.5 Å². The summed E-state index contributed by atoms with van der Waals surface area (Å²) in [5, 5.41) is 9.36. The number of ether oxygens (including phenoxy) is 2. The second-order valence-corrected chi connectivity index (χ2v) is 7.32. The van der Waals surface area contributed by atoms with E-state index < -0.39 is 20.7 Å². The van der Waals surface area contributed by atoms with Gasteiger partial charge in [-0.1, -0.05) is 31.2 Å². The van der Waals surface area contributed by atoms with Gasteiger partial charge in [0, 0.05) is 6.42 Å². The third-order valence-corrected chi connectivity index (χ3v) is 5.21. The number of nitrogens with zero attached hydrogens (tertiary/aromatic N) is 1. The maximum Gasteiger partial charge on any atom is 0.311 e. The molecule has 0 spiro atoms. The first-order valence-electron chi connectivity index (χ1n) is 8.31. The predicted octanol–water partition coefficient (Wildman–Crippen LogP) is 3.74. The third-order valence-electron chi connectivity index (χ3n) is 3.53. The van der Waals surface area contributed by atoms with E-state index in [1.165, 1.54) is 30.3 Å². The molecule has 0 heterocycles. The molecule has 7 heteroatoms. The van der Waals surface area contributed by atoms with E-state index in [-0.39, 0.29) is 17.1 Å². The summed E-state index contributed by atoms with van der Waals surface area (Å²) >= 11 is 0. The molecule has 0 saturated carbocycles. The molecule has 2 rings (SSSR count). The lowest BCUT2D eigenvalue weighted by Crippen LogP contribution is -2.07. The highest BCUT2D eigenvalue weighted by Crippen LogP contribution is 2.30. The Hall–Kier alpha value is -3.11. The Balaban J connectivity index is 2.45. The van der Waals surface area contributed by atoms with E-state index >= 15 is 0 Å². The minimum absolute atomic E-state index is 0.0383. The van der Waals surface area contributed by atoms with Crippen molar-refractivity contribution in [2.75, 3.05) is 6.61 Å². The molecule has 0 aromatic heterocycles. The van der Waals surface area contributed by atoms with Gasteiger partial charge in [-0.05, 0) is 42.8 Å². The van der Waals surface area contributed by atoms with Crippen LogP contribution in [0.3, 0.4) is 0 Å². The van der Waals surface area contributed by atoms with Crippen LogP contribution in [0.5, 0.6) is 11.5 Å². The van der Waals surface area contributed by atoms with Crippen molar-refractivity contribution in [1.29, 1.82) is 5.26 Å². The number of hydrogen-bond donors (Lipinski definition) is 0. The molecule has 0 aliphatic heterocycles. The van der Waals surface area contributed by atoms with E-state index in [4.69, 9.17) is 9.47 Å². The number of nitriles is 1. The van der Waals surface area contributed by atoms with Crippen LogP contribution in [0.15, 0.2) is 58.3 Å². The second kappa shape index (κ2) is 9.01. The van der Waals surface area contributed by atoms with Gasteiger partial charge in [0.1, 0.15) is 11.0 Å². The molecule has 2 aromatic carbocycles. The topological polar surface area (TPSA) is 93.5 Å². The smallest absolute Gasteiger partial charge is 0.311 e. The van der Waals surface area contributed by atoms with Gasteiger partial charge >= 0.3 is 5.97 Å². The third kappa shape index (κ3) is 4.96. The number of rotatable bonds is 7. The summed E-state index contributed by atoms with van der Waals surface area (Å²) in [6.45, 7) is 3.78. The van der Waals surface area contributed by atoms with Crippen LogP contribution < -0.4 is 9.47 Å². The normalized spacial score (nSPS) is 11.5. The molecule has 2 aromatic rings. The van der Waals surface area contributed by atoms with E-state index in [9.17, 15) is 18.5 Å². The Morgan fingerprint density at radius 1 is 1.11 bits per heavy atom. The summed E-state index contributed by atoms with van der Waals surface area (Å²) in [5.74, 6) is 0.122. The standard InChI is InChI=1S/C20H19NO5S/c1-3-20(22)26-18-11-10-15(13-19(18)25-4-2)12-17(14-21)27(23,24)16-8-6-5-7-9-16/h5-13H,3-4H2,1-2H3. The van der Waals surface area contributed by atoms with Crippen LogP contribution >= 0.6 is 0 Å². The van der Waals surface area contributed by atoms with Crippen molar-refractivity contribution in [2.24, 2.45) is 0 Å². The van der Waals surface area contributed by atoms with Crippen molar-refractivity contribution in [3.63, 3.8) is 0 Å². The molecule has 0 N–H and O–H groups in total. The molecule has 0 saturated heterocycles. The number of carbonyl (C=O) groups excluding carboxylic acids is 1. The Kier molecular flexibility index (Phi) is 6.74. The molecule has 6 nitrogen and oxygen atoms in total. The van der Waals surface area contributed by atoms with Crippen LogP contribution in [0.25, 0.3) is 6.08 Å². The first kappa shape index (κ1) is 20.2. The van der Waals surface area contributed by atoms with Gasteiger partial charge in [-0.15, -0.1) is 0 Å². The van der Waals surface area contributed by atoms with Crippen molar-refractivity contribution in [3.05, 3.63) is 59.0 Å². The molecule has 140 valence electrons. The van der Waals surface area contributed by atoms with Crippen molar-refractivity contribution in [2.45, 2.75) is 25.2 Å². The number of hydrogen-bond acceptors (Lipinski definition) is 6. The van der Waals surface area contributed by atoms with Crippen LogP contribution in [0, 0.1) is 11.3 Å². The first-order chi connectivity index (χ1) is 12.9. The second-order valence-electron chi connectivity index (χ2n) is 5.40. The number of sulfone groups is 1. The summed E-state index contributed by atoms with van der Waals surface area (Å²) < 4.78 is 35.9. The number of carbonyl (C=O) groups is 1. The van der Waals surface area contributed by atoms with Crippen LogP contribution in [-0.4, -0.2) is 21.0 Å². The lowest BCUT2D eigenvalue weighted by molar-refractivity contribution is -0.134. The molecule has 0 atom stereocenters. The molecule has 0 fully saturated rings. The predicted molar refractivity (Wildman–Crippen MR) is 101 cm³/mol. The monoisotopic (exact) mass is 385 g/mol. The fourth-order valence-electron chi connectivity index (χ4n) is 2.21. The fourth-order valence-corrected chi connectivity index (χ4v) is 3.39. The van der Waals surface area contributed by atoms with E-state index in [1.807, 2.05) is 0 Å². The first-order valence-corrected chi connectivity index (χ1v) is 9.80. The lowest BCUT2D eigenvalue weighted by atomic mass is 10.2. The maximum absolute atomic E-state index is 12.6. The van der Waals surface area contributed by atoms with Gasteiger partial charge < -0.3 is 9.47 Å². The molecular formula is C20H19NO5S. The largest absolute Gasteiger partial charge is 0.490 e. The molecule has 0 bridgehead atoms. The number of esters is 1. The van der Waals surface area contributed by atoms with Gasteiger partial charge in [-0.3, -0.25) is 4.79 Å². The van der Waals surface area contributed by atoms with Crippen LogP contribution in [0.1, 0.15) is 25.8 Å². The van der Waals surface area contributed by atoms with Crippen molar-refractivity contribution >= 4 is 21.9 Å². The number of benzene rings is 2. The Labute approximate surface area is 158 Å². The zero-order chi connectivity index (χ0) is 19.9. The molecule has 0 unspecified atom stereocenters. The highest BCUT2D eigenvalue weighted by atomic mass is 32.2. The molecule has 0 radical (unpaired) electrons. The zero-order valence-corrected chi connectivity index (χ0v) is 15.8. The van der Waals surface area contributed by atoms with Crippen LogP contribution in [0.2, 0.25) is 0 Å². The quantitative estimate of drug-likeness (QED) is 0.409. The van der Waals surface area contributed by atoms with Gasteiger partial charge in [0.15, 0.2) is 11.5 Å². The Morgan fingerprint density at radius 2 is 1.81 bits per heavy atom. The minimum Gasteiger partial charge on any atom is -0.490 e. The highest BCUT2D eigenvalue weighted by Gasteiger charge is 2.20. The van der Waals surface area contributed by atoms with Crippen LogP contribution in [0.4, 0.5) is 0 Å². The summed E-state index contributed by atoms with van der Waals surface area (Å²) in [4.78, 5) is 11.2. The van der Waals surface area contributed by atoms with Crippen LogP contribution in [-0.2, 0) is 14.6 Å². The van der Waals surface area contributed by atoms with E-state index in [2.05, 4.69) is 0 Å².